The van der Waals surface area contributed by atoms with E-state index in [4.69, 9.17) is 0 Å². The summed E-state index contributed by atoms with van der Waals surface area (Å²) in [6, 6.07) is 69.3. The van der Waals surface area contributed by atoms with Gasteiger partial charge in [0, 0.05) is 59.2 Å². The van der Waals surface area contributed by atoms with Crippen molar-refractivity contribution >= 4 is 43.6 Å². The van der Waals surface area contributed by atoms with Crippen LogP contribution in [0.3, 0.4) is 0 Å². The molecule has 0 spiro atoms. The zero-order valence-corrected chi connectivity index (χ0v) is 30.0. The van der Waals surface area contributed by atoms with Crippen molar-refractivity contribution in [1.82, 2.24) is 14.1 Å². The van der Waals surface area contributed by atoms with E-state index in [2.05, 4.69) is 166 Å². The van der Waals surface area contributed by atoms with Gasteiger partial charge in [-0.05, 0) is 71.4 Å². The van der Waals surface area contributed by atoms with Crippen LogP contribution in [0.25, 0.3) is 77.4 Å². The van der Waals surface area contributed by atoms with Crippen LogP contribution in [-0.4, -0.2) is 14.1 Å². The van der Waals surface area contributed by atoms with Crippen LogP contribution in [0.1, 0.15) is 0 Å². The molecule has 7 aromatic carbocycles. The summed E-state index contributed by atoms with van der Waals surface area (Å²) in [7, 11) is 0. The second kappa shape index (κ2) is 14.0. The van der Waals surface area contributed by atoms with Crippen molar-refractivity contribution in [2.45, 2.75) is 0 Å². The van der Waals surface area contributed by atoms with E-state index in [0.29, 0.717) is 0 Å². The number of nitrogens with zero attached hydrogens (tertiary/aromatic N) is 3. The number of pyridine rings is 1. The molecular formula is C47H32IrN3-. The Labute approximate surface area is 310 Å². The van der Waals surface area contributed by atoms with Crippen molar-refractivity contribution < 1.29 is 20.1 Å². The average molecular weight is 831 g/mol. The van der Waals surface area contributed by atoms with E-state index in [0.717, 1.165) is 11.3 Å². The number of fused-ring (bicyclic) bond motifs is 6. The summed E-state index contributed by atoms with van der Waals surface area (Å²) in [5.74, 6) is 0. The smallest absolute Gasteiger partial charge is 0.0541 e. The van der Waals surface area contributed by atoms with E-state index in [1.165, 1.54) is 66.1 Å². The third-order valence-electron chi connectivity index (χ3n) is 9.39. The summed E-state index contributed by atoms with van der Waals surface area (Å²) in [5.41, 5.74) is 11.7. The Hall–Kier alpha value is -6.06. The quantitative estimate of drug-likeness (QED) is 0.162. The average Bonchev–Trinajstić information content (AvgIpc) is 3.72. The van der Waals surface area contributed by atoms with Gasteiger partial charge >= 0.3 is 0 Å². The largest absolute Gasteiger partial charge is 0.309 e. The fourth-order valence-corrected chi connectivity index (χ4v) is 7.08. The Morgan fingerprint density at radius 2 is 0.765 bits per heavy atom. The summed E-state index contributed by atoms with van der Waals surface area (Å²) >= 11 is 0. The Bertz CT molecular complexity index is 2430. The molecule has 3 aromatic heterocycles. The van der Waals surface area contributed by atoms with Crippen molar-refractivity contribution in [2.24, 2.45) is 0 Å². The first kappa shape index (κ1) is 32.2. The molecule has 0 unspecified atom stereocenters. The molecule has 0 bridgehead atoms. The van der Waals surface area contributed by atoms with Crippen LogP contribution < -0.4 is 0 Å². The number of para-hydroxylation sites is 4. The molecule has 4 heteroatoms. The molecule has 0 aliphatic heterocycles. The minimum atomic E-state index is 0. The minimum Gasteiger partial charge on any atom is -0.309 e. The molecule has 1 radical (unpaired) electrons. The molecule has 0 N–H and O–H groups in total. The van der Waals surface area contributed by atoms with Gasteiger partial charge in [-0.2, -0.15) is 0 Å². The zero-order valence-electron chi connectivity index (χ0n) is 27.7. The maximum absolute atomic E-state index is 4.22. The molecule has 0 aliphatic carbocycles. The standard InChI is InChI=1S/C36H24N2.C11H8N.Ir/c1-5-13-33-29(9-1)30-10-2-6-14-34(30)37(33)27-21-17-25(18-22-27)26-19-23-28(24-20-26)38-35-15-7-3-11-31(35)32-12-4-8-16-36(32)38;1-2-6-10(7-3-1)11-8-4-5-9-12-11;/h1-24H;1-6,8-9H;/q;-1;. The molecule has 0 saturated carbocycles. The SMILES string of the molecule is [Ir].[c-]1ccccc1-c1ccccn1.c1ccc2c(c1)c1ccccc1n2-c1ccc(-c2ccc(-n3c4ccccc4c4ccccc43)cc2)cc1. The summed E-state index contributed by atoms with van der Waals surface area (Å²) in [5, 5.41) is 5.14. The van der Waals surface area contributed by atoms with Gasteiger partial charge in [0.15, 0.2) is 0 Å². The molecule has 10 aromatic rings. The molecule has 0 amide bonds. The van der Waals surface area contributed by atoms with Crippen LogP contribution >= 0.6 is 0 Å². The molecule has 0 atom stereocenters. The van der Waals surface area contributed by atoms with Gasteiger partial charge in [0.05, 0.1) is 22.1 Å². The number of aromatic nitrogens is 3. The van der Waals surface area contributed by atoms with Crippen LogP contribution in [0.5, 0.6) is 0 Å². The minimum absolute atomic E-state index is 0. The van der Waals surface area contributed by atoms with Crippen LogP contribution in [0.15, 0.2) is 194 Å². The van der Waals surface area contributed by atoms with E-state index in [1.807, 2.05) is 42.5 Å². The van der Waals surface area contributed by atoms with E-state index >= 15 is 0 Å². The van der Waals surface area contributed by atoms with Crippen molar-refractivity contribution in [2.75, 3.05) is 0 Å². The zero-order chi connectivity index (χ0) is 33.3. The van der Waals surface area contributed by atoms with Crippen LogP contribution in [0, 0.1) is 6.07 Å². The predicted molar refractivity (Wildman–Crippen MR) is 209 cm³/mol. The summed E-state index contributed by atoms with van der Waals surface area (Å²) in [4.78, 5) is 4.22. The third-order valence-corrected chi connectivity index (χ3v) is 9.39. The second-order valence-electron chi connectivity index (χ2n) is 12.3. The Morgan fingerprint density at radius 1 is 0.373 bits per heavy atom. The van der Waals surface area contributed by atoms with Gasteiger partial charge in [0.1, 0.15) is 0 Å². The first-order valence-corrected chi connectivity index (χ1v) is 16.9. The first-order valence-electron chi connectivity index (χ1n) is 16.9. The van der Waals surface area contributed by atoms with E-state index in [9.17, 15) is 0 Å². The van der Waals surface area contributed by atoms with Crippen molar-refractivity contribution in [1.29, 1.82) is 0 Å². The molecule has 3 nitrogen and oxygen atoms in total. The number of benzene rings is 7. The summed E-state index contributed by atoms with van der Waals surface area (Å²) < 4.78 is 4.72. The van der Waals surface area contributed by atoms with Gasteiger partial charge in [-0.25, -0.2) is 0 Å². The van der Waals surface area contributed by atoms with Crippen LogP contribution in [0.2, 0.25) is 0 Å². The van der Waals surface area contributed by atoms with Crippen molar-refractivity contribution in [3.8, 4) is 33.8 Å². The van der Waals surface area contributed by atoms with Crippen molar-refractivity contribution in [3.05, 3.63) is 200 Å². The summed E-state index contributed by atoms with van der Waals surface area (Å²) in [6.45, 7) is 0. The number of hydrogen-bond donors (Lipinski definition) is 0. The van der Waals surface area contributed by atoms with Gasteiger partial charge in [0.25, 0.3) is 0 Å². The molecule has 0 fully saturated rings. The summed E-state index contributed by atoms with van der Waals surface area (Å²) in [6.07, 6.45) is 1.79. The monoisotopic (exact) mass is 831 g/mol. The van der Waals surface area contributed by atoms with Crippen molar-refractivity contribution in [3.63, 3.8) is 0 Å². The van der Waals surface area contributed by atoms with Gasteiger partial charge in [-0.3, -0.25) is 0 Å². The first-order chi connectivity index (χ1) is 24.8. The maximum atomic E-state index is 4.22. The van der Waals surface area contributed by atoms with Gasteiger partial charge in [-0.15, -0.1) is 35.9 Å². The predicted octanol–water partition coefficient (Wildman–Crippen LogP) is 12.1. The van der Waals surface area contributed by atoms with Crippen LogP contribution in [0.4, 0.5) is 0 Å². The fraction of sp³-hybridized carbons (Fsp3) is 0. The van der Waals surface area contributed by atoms with Gasteiger partial charge in [-0.1, -0.05) is 109 Å². The maximum Gasteiger partial charge on any atom is 0.0541 e. The fourth-order valence-electron chi connectivity index (χ4n) is 7.08. The number of hydrogen-bond acceptors (Lipinski definition) is 1. The Morgan fingerprint density at radius 3 is 1.14 bits per heavy atom. The molecule has 3 heterocycles. The molecule has 51 heavy (non-hydrogen) atoms. The molecule has 245 valence electrons. The van der Waals surface area contributed by atoms with Gasteiger partial charge < -0.3 is 14.1 Å². The Balaban J connectivity index is 0.000000245. The third kappa shape index (κ3) is 5.95. The topological polar surface area (TPSA) is 22.8 Å². The van der Waals surface area contributed by atoms with Crippen LogP contribution in [-0.2, 0) is 20.1 Å². The van der Waals surface area contributed by atoms with Gasteiger partial charge in [0.2, 0.25) is 0 Å². The second-order valence-corrected chi connectivity index (χ2v) is 12.3. The van der Waals surface area contributed by atoms with E-state index in [-0.39, 0.29) is 20.1 Å². The molecule has 10 rings (SSSR count). The normalized spacial score (nSPS) is 11.0. The molecular weight excluding hydrogens is 799 g/mol. The molecule has 0 saturated heterocycles. The van der Waals surface area contributed by atoms with E-state index < -0.39 is 0 Å². The van der Waals surface area contributed by atoms with E-state index in [1.54, 1.807) is 6.20 Å². The Kier molecular flexibility index (Phi) is 8.86. The number of rotatable bonds is 4. The molecule has 0 aliphatic rings.